The van der Waals surface area contributed by atoms with Gasteiger partial charge in [-0.3, -0.25) is 4.98 Å². The minimum Gasteiger partial charge on any atom is -0.497 e. The van der Waals surface area contributed by atoms with E-state index in [0.29, 0.717) is 0 Å². The van der Waals surface area contributed by atoms with Crippen LogP contribution in [-0.2, 0) is 6.42 Å². The number of rotatable bonds is 2. The zero-order valence-electron chi connectivity index (χ0n) is 8.75. The van der Waals surface area contributed by atoms with Crippen molar-refractivity contribution in [2.75, 3.05) is 7.11 Å². The Labute approximate surface area is 97.4 Å². The third-order valence-electron chi connectivity index (χ3n) is 2.42. The number of aryl methyl sites for hydroxylation is 1. The normalized spacial score (nSPS) is 10.6. The van der Waals surface area contributed by atoms with Crippen LogP contribution in [0.3, 0.4) is 0 Å². The second-order valence-electron chi connectivity index (χ2n) is 3.37. The zero-order valence-corrected chi connectivity index (χ0v) is 10.3. The average Bonchev–Trinajstić information content (AvgIpc) is 2.26. The Morgan fingerprint density at radius 1 is 1.33 bits per heavy atom. The number of pyridine rings is 1. The van der Waals surface area contributed by atoms with Crippen molar-refractivity contribution in [2.24, 2.45) is 0 Å². The van der Waals surface area contributed by atoms with Gasteiger partial charge in [0.15, 0.2) is 0 Å². The van der Waals surface area contributed by atoms with E-state index in [0.717, 1.165) is 27.5 Å². The molecule has 3 heteroatoms. The molecule has 1 heterocycles. The van der Waals surface area contributed by atoms with Gasteiger partial charge in [0.05, 0.1) is 12.6 Å². The molecule has 0 N–H and O–H groups in total. The van der Waals surface area contributed by atoms with E-state index in [-0.39, 0.29) is 0 Å². The standard InChI is InChI=1S/C12H12BrNO/c1-3-8-5-11(15-2)6-9-4-10(13)7-14-12(8)9/h4-7H,3H2,1-2H3. The van der Waals surface area contributed by atoms with Gasteiger partial charge in [-0.1, -0.05) is 6.92 Å². The fourth-order valence-corrected chi connectivity index (χ4v) is 2.00. The molecule has 15 heavy (non-hydrogen) atoms. The summed E-state index contributed by atoms with van der Waals surface area (Å²) in [5, 5.41) is 1.11. The van der Waals surface area contributed by atoms with Gasteiger partial charge < -0.3 is 4.74 Å². The molecule has 1 aromatic heterocycles. The SMILES string of the molecule is CCc1cc(OC)cc2cc(Br)cnc12. The summed E-state index contributed by atoms with van der Waals surface area (Å²) in [6.07, 6.45) is 2.79. The molecular formula is C12H12BrNO. The van der Waals surface area contributed by atoms with Gasteiger partial charge in [0, 0.05) is 16.1 Å². The van der Waals surface area contributed by atoms with Crippen LogP contribution in [0, 0.1) is 0 Å². The molecule has 0 aliphatic heterocycles. The minimum absolute atomic E-state index is 0.888. The Bertz CT molecular complexity index is 496. The van der Waals surface area contributed by atoms with Crippen molar-refractivity contribution in [1.82, 2.24) is 4.98 Å². The van der Waals surface area contributed by atoms with Gasteiger partial charge in [-0.15, -0.1) is 0 Å². The summed E-state index contributed by atoms with van der Waals surface area (Å²) in [7, 11) is 1.69. The van der Waals surface area contributed by atoms with Crippen molar-refractivity contribution >= 4 is 26.8 Å². The van der Waals surface area contributed by atoms with Crippen LogP contribution in [0.2, 0.25) is 0 Å². The van der Waals surface area contributed by atoms with E-state index in [1.807, 2.05) is 18.3 Å². The number of benzene rings is 1. The Kier molecular flexibility index (Phi) is 2.91. The van der Waals surface area contributed by atoms with Gasteiger partial charge in [0.1, 0.15) is 5.75 Å². The maximum atomic E-state index is 5.26. The number of hydrogen-bond acceptors (Lipinski definition) is 2. The predicted octanol–water partition coefficient (Wildman–Crippen LogP) is 3.57. The fraction of sp³-hybridized carbons (Fsp3) is 0.250. The lowest BCUT2D eigenvalue weighted by molar-refractivity contribution is 0.415. The third kappa shape index (κ3) is 1.97. The molecule has 2 aromatic rings. The van der Waals surface area contributed by atoms with Crippen LogP contribution in [0.1, 0.15) is 12.5 Å². The van der Waals surface area contributed by atoms with E-state index >= 15 is 0 Å². The van der Waals surface area contributed by atoms with Gasteiger partial charge in [0.2, 0.25) is 0 Å². The molecule has 0 saturated carbocycles. The summed E-state index contributed by atoms with van der Waals surface area (Å²) in [6, 6.07) is 6.11. The molecule has 0 unspecified atom stereocenters. The largest absolute Gasteiger partial charge is 0.497 e. The molecule has 0 saturated heterocycles. The monoisotopic (exact) mass is 265 g/mol. The quantitative estimate of drug-likeness (QED) is 0.829. The van der Waals surface area contributed by atoms with Crippen LogP contribution in [0.5, 0.6) is 5.75 Å². The maximum absolute atomic E-state index is 5.26. The maximum Gasteiger partial charge on any atom is 0.119 e. The van der Waals surface area contributed by atoms with Crippen LogP contribution >= 0.6 is 15.9 Å². The zero-order chi connectivity index (χ0) is 10.8. The van der Waals surface area contributed by atoms with E-state index in [2.05, 4.69) is 33.9 Å². The molecule has 78 valence electrons. The molecule has 0 spiro atoms. The van der Waals surface area contributed by atoms with E-state index < -0.39 is 0 Å². The van der Waals surface area contributed by atoms with Crippen molar-refractivity contribution in [3.63, 3.8) is 0 Å². The number of halogens is 1. The molecule has 0 aliphatic rings. The van der Waals surface area contributed by atoms with Gasteiger partial charge in [0.25, 0.3) is 0 Å². The lowest BCUT2D eigenvalue weighted by Gasteiger charge is -2.07. The van der Waals surface area contributed by atoms with Crippen LogP contribution < -0.4 is 4.74 Å². The van der Waals surface area contributed by atoms with Crippen molar-refractivity contribution < 1.29 is 4.74 Å². The molecule has 2 nitrogen and oxygen atoms in total. The summed E-state index contributed by atoms with van der Waals surface area (Å²) in [5.41, 5.74) is 2.28. The van der Waals surface area contributed by atoms with E-state index in [1.165, 1.54) is 5.56 Å². The second kappa shape index (κ2) is 4.19. The highest BCUT2D eigenvalue weighted by atomic mass is 79.9. The van der Waals surface area contributed by atoms with E-state index in [9.17, 15) is 0 Å². The molecule has 1 aromatic carbocycles. The molecule has 0 aliphatic carbocycles. The Balaban J connectivity index is 2.74. The van der Waals surface area contributed by atoms with Crippen LogP contribution in [0.4, 0.5) is 0 Å². The summed E-state index contributed by atoms with van der Waals surface area (Å²) in [6.45, 7) is 2.12. The first-order valence-electron chi connectivity index (χ1n) is 4.86. The first-order chi connectivity index (χ1) is 7.24. The molecule has 2 rings (SSSR count). The summed E-state index contributed by atoms with van der Waals surface area (Å²) < 4.78 is 6.25. The highest BCUT2D eigenvalue weighted by Gasteiger charge is 2.04. The lowest BCUT2D eigenvalue weighted by Crippen LogP contribution is -1.90. The molecule has 0 amide bonds. The minimum atomic E-state index is 0.888. The number of fused-ring (bicyclic) bond motifs is 1. The Hall–Kier alpha value is -1.09. The first kappa shape index (κ1) is 10.4. The Morgan fingerprint density at radius 2 is 2.13 bits per heavy atom. The van der Waals surface area contributed by atoms with Crippen LogP contribution in [0.15, 0.2) is 28.9 Å². The van der Waals surface area contributed by atoms with Crippen molar-refractivity contribution in [3.05, 3.63) is 34.4 Å². The molecule has 0 atom stereocenters. The smallest absolute Gasteiger partial charge is 0.119 e. The second-order valence-corrected chi connectivity index (χ2v) is 4.28. The van der Waals surface area contributed by atoms with Crippen molar-refractivity contribution in [2.45, 2.75) is 13.3 Å². The average molecular weight is 266 g/mol. The van der Waals surface area contributed by atoms with Gasteiger partial charge >= 0.3 is 0 Å². The van der Waals surface area contributed by atoms with E-state index in [1.54, 1.807) is 7.11 Å². The van der Waals surface area contributed by atoms with Crippen molar-refractivity contribution in [1.29, 1.82) is 0 Å². The molecular weight excluding hydrogens is 254 g/mol. The highest BCUT2D eigenvalue weighted by molar-refractivity contribution is 9.10. The lowest BCUT2D eigenvalue weighted by atomic mass is 10.1. The first-order valence-corrected chi connectivity index (χ1v) is 5.66. The van der Waals surface area contributed by atoms with Crippen LogP contribution in [0.25, 0.3) is 10.9 Å². The van der Waals surface area contributed by atoms with Gasteiger partial charge in [-0.05, 0) is 46.1 Å². The number of hydrogen-bond donors (Lipinski definition) is 0. The van der Waals surface area contributed by atoms with Crippen LogP contribution in [-0.4, -0.2) is 12.1 Å². The highest BCUT2D eigenvalue weighted by Crippen LogP contribution is 2.26. The topological polar surface area (TPSA) is 22.1 Å². The predicted molar refractivity (Wildman–Crippen MR) is 65.4 cm³/mol. The molecule has 0 radical (unpaired) electrons. The fourth-order valence-electron chi connectivity index (χ4n) is 1.66. The number of nitrogens with zero attached hydrogens (tertiary/aromatic N) is 1. The third-order valence-corrected chi connectivity index (χ3v) is 2.85. The summed E-state index contributed by atoms with van der Waals surface area (Å²) in [5.74, 6) is 0.888. The number of ether oxygens (including phenoxy) is 1. The van der Waals surface area contributed by atoms with Gasteiger partial charge in [-0.2, -0.15) is 0 Å². The number of aromatic nitrogens is 1. The number of methoxy groups -OCH3 is 1. The van der Waals surface area contributed by atoms with Crippen molar-refractivity contribution in [3.8, 4) is 5.75 Å². The Morgan fingerprint density at radius 3 is 2.80 bits per heavy atom. The summed E-state index contributed by atoms with van der Waals surface area (Å²) in [4.78, 5) is 4.42. The van der Waals surface area contributed by atoms with Gasteiger partial charge in [-0.25, -0.2) is 0 Å². The summed E-state index contributed by atoms with van der Waals surface area (Å²) >= 11 is 3.42. The molecule has 0 fully saturated rings. The molecule has 0 bridgehead atoms. The van der Waals surface area contributed by atoms with E-state index in [4.69, 9.17) is 4.74 Å².